The molecule has 4 nitrogen and oxygen atoms in total. The molecule has 0 spiro atoms. The number of rotatable bonds is 7. The molecule has 19 heavy (non-hydrogen) atoms. The third-order valence-electron chi connectivity index (χ3n) is 3.38. The molecule has 1 aromatic rings. The maximum absolute atomic E-state index is 11.5. The molecular weight excluding hydrogens is 258 g/mol. The fourth-order valence-electron chi connectivity index (χ4n) is 2.44. The summed E-state index contributed by atoms with van der Waals surface area (Å²) in [4.78, 5) is 18.8. The average molecular weight is 281 g/mol. The molecule has 0 aliphatic carbocycles. The highest BCUT2D eigenvalue weighted by molar-refractivity contribution is 7.99. The smallest absolute Gasteiger partial charge is 0.251 e. The van der Waals surface area contributed by atoms with Crippen LogP contribution in [-0.4, -0.2) is 28.3 Å². The zero-order valence-corrected chi connectivity index (χ0v) is 12.4. The van der Waals surface area contributed by atoms with Gasteiger partial charge < -0.3 is 10.3 Å². The second-order valence-corrected chi connectivity index (χ2v) is 6.16. The van der Waals surface area contributed by atoms with Gasteiger partial charge in [-0.15, -0.1) is 0 Å². The van der Waals surface area contributed by atoms with Gasteiger partial charge in [-0.25, -0.2) is 4.98 Å². The summed E-state index contributed by atoms with van der Waals surface area (Å²) in [7, 11) is 0. The lowest BCUT2D eigenvalue weighted by atomic mass is 10.1. The van der Waals surface area contributed by atoms with E-state index in [1.165, 1.54) is 32.2 Å². The quantitative estimate of drug-likeness (QED) is 0.457. The number of aromatic amines is 1. The van der Waals surface area contributed by atoms with Gasteiger partial charge in [0.15, 0.2) is 5.16 Å². The zero-order chi connectivity index (χ0) is 13.5. The van der Waals surface area contributed by atoms with Crippen molar-refractivity contribution in [3.05, 3.63) is 22.1 Å². The molecule has 5 heteroatoms. The molecule has 1 atom stereocenters. The number of H-pyrrole nitrogens is 1. The number of aromatic nitrogens is 2. The SMILES string of the molecule is CCCc1cc(=O)[nH]c(SCCCC2CCCN2)n1. The van der Waals surface area contributed by atoms with Crippen molar-refractivity contribution in [3.8, 4) is 0 Å². The molecule has 1 saturated heterocycles. The van der Waals surface area contributed by atoms with Gasteiger partial charge in [-0.05, 0) is 38.6 Å². The van der Waals surface area contributed by atoms with Crippen LogP contribution in [0.4, 0.5) is 0 Å². The van der Waals surface area contributed by atoms with Crippen LogP contribution < -0.4 is 10.9 Å². The largest absolute Gasteiger partial charge is 0.314 e. The summed E-state index contributed by atoms with van der Waals surface area (Å²) < 4.78 is 0. The van der Waals surface area contributed by atoms with Gasteiger partial charge in [-0.1, -0.05) is 25.1 Å². The van der Waals surface area contributed by atoms with Crippen molar-refractivity contribution >= 4 is 11.8 Å². The average Bonchev–Trinajstić information content (AvgIpc) is 2.87. The number of hydrogen-bond donors (Lipinski definition) is 2. The molecular formula is C14H23N3OS. The van der Waals surface area contributed by atoms with Gasteiger partial charge in [0, 0.05) is 23.6 Å². The van der Waals surface area contributed by atoms with Gasteiger partial charge in [0.25, 0.3) is 5.56 Å². The van der Waals surface area contributed by atoms with Crippen LogP contribution in [0.5, 0.6) is 0 Å². The second kappa shape index (κ2) is 7.70. The Kier molecular flexibility index (Phi) is 5.92. The van der Waals surface area contributed by atoms with Crippen molar-refractivity contribution in [3.63, 3.8) is 0 Å². The van der Waals surface area contributed by atoms with Crippen LogP contribution in [0, 0.1) is 0 Å². The summed E-state index contributed by atoms with van der Waals surface area (Å²) >= 11 is 1.66. The molecule has 0 radical (unpaired) electrons. The fourth-order valence-corrected chi connectivity index (χ4v) is 3.30. The summed E-state index contributed by atoms with van der Waals surface area (Å²) in [5.74, 6) is 1.02. The first-order valence-corrected chi connectivity index (χ1v) is 8.23. The Morgan fingerprint density at radius 1 is 1.53 bits per heavy atom. The standard InChI is InChI=1S/C14H23N3OS/c1-2-5-12-10-13(18)17-14(16-12)19-9-4-7-11-6-3-8-15-11/h10-11,15H,2-9H2,1H3,(H,16,17,18). The summed E-state index contributed by atoms with van der Waals surface area (Å²) in [6.07, 6.45) is 6.92. The van der Waals surface area contributed by atoms with E-state index in [-0.39, 0.29) is 5.56 Å². The molecule has 106 valence electrons. The first-order chi connectivity index (χ1) is 9.28. The zero-order valence-electron chi connectivity index (χ0n) is 11.6. The molecule has 1 aliphatic rings. The predicted molar refractivity (Wildman–Crippen MR) is 79.8 cm³/mol. The van der Waals surface area contributed by atoms with Crippen molar-refractivity contribution in [1.29, 1.82) is 0 Å². The molecule has 1 aromatic heterocycles. The Morgan fingerprint density at radius 2 is 2.42 bits per heavy atom. The predicted octanol–water partition coefficient (Wildman–Crippen LogP) is 2.35. The minimum atomic E-state index is -0.0293. The van der Waals surface area contributed by atoms with E-state index in [9.17, 15) is 4.79 Å². The van der Waals surface area contributed by atoms with Gasteiger partial charge in [0.1, 0.15) is 0 Å². The molecule has 0 bridgehead atoms. The van der Waals surface area contributed by atoms with E-state index in [4.69, 9.17) is 0 Å². The molecule has 0 saturated carbocycles. The van der Waals surface area contributed by atoms with Crippen LogP contribution >= 0.6 is 11.8 Å². The van der Waals surface area contributed by atoms with Gasteiger partial charge in [-0.2, -0.15) is 0 Å². The first kappa shape index (κ1) is 14.6. The molecule has 0 amide bonds. The monoisotopic (exact) mass is 281 g/mol. The second-order valence-electron chi connectivity index (χ2n) is 5.08. The van der Waals surface area contributed by atoms with Crippen LogP contribution in [0.3, 0.4) is 0 Å². The topological polar surface area (TPSA) is 57.8 Å². The highest BCUT2D eigenvalue weighted by atomic mass is 32.2. The molecule has 2 heterocycles. The number of aryl methyl sites for hydroxylation is 1. The summed E-state index contributed by atoms with van der Waals surface area (Å²) in [5.41, 5.74) is 0.879. The minimum absolute atomic E-state index is 0.0293. The van der Waals surface area contributed by atoms with E-state index in [2.05, 4.69) is 22.2 Å². The van der Waals surface area contributed by atoms with Crippen molar-refractivity contribution in [1.82, 2.24) is 15.3 Å². The number of hydrogen-bond acceptors (Lipinski definition) is 4. The Morgan fingerprint density at radius 3 is 3.16 bits per heavy atom. The van der Waals surface area contributed by atoms with E-state index in [0.29, 0.717) is 6.04 Å². The lowest BCUT2D eigenvalue weighted by Gasteiger charge is -2.09. The van der Waals surface area contributed by atoms with Gasteiger partial charge in [-0.3, -0.25) is 4.79 Å². The maximum atomic E-state index is 11.5. The summed E-state index contributed by atoms with van der Waals surface area (Å²) in [6.45, 7) is 3.27. The van der Waals surface area contributed by atoms with Gasteiger partial charge in [0.05, 0.1) is 0 Å². The molecule has 1 unspecified atom stereocenters. The van der Waals surface area contributed by atoms with Crippen LogP contribution in [-0.2, 0) is 6.42 Å². The number of nitrogens with one attached hydrogen (secondary N) is 2. The van der Waals surface area contributed by atoms with E-state index in [0.717, 1.165) is 29.4 Å². The lowest BCUT2D eigenvalue weighted by molar-refractivity contribution is 0.553. The maximum Gasteiger partial charge on any atom is 0.251 e. The third kappa shape index (κ3) is 4.99. The molecule has 0 aromatic carbocycles. The normalized spacial score (nSPS) is 18.9. The molecule has 2 rings (SSSR count). The van der Waals surface area contributed by atoms with Crippen LogP contribution in [0.25, 0.3) is 0 Å². The van der Waals surface area contributed by atoms with Crippen LogP contribution in [0.15, 0.2) is 16.0 Å². The Bertz CT molecular complexity index is 441. The van der Waals surface area contributed by atoms with Crippen LogP contribution in [0.1, 0.15) is 44.7 Å². The Labute approximate surface area is 118 Å². The molecule has 1 aliphatic heterocycles. The first-order valence-electron chi connectivity index (χ1n) is 7.24. The summed E-state index contributed by atoms with van der Waals surface area (Å²) in [6, 6.07) is 2.31. The number of nitrogens with zero attached hydrogens (tertiary/aromatic N) is 1. The van der Waals surface area contributed by atoms with Crippen molar-refractivity contribution in [2.75, 3.05) is 12.3 Å². The molecule has 2 N–H and O–H groups in total. The van der Waals surface area contributed by atoms with Gasteiger partial charge in [0.2, 0.25) is 0 Å². The lowest BCUT2D eigenvalue weighted by Crippen LogP contribution is -2.21. The van der Waals surface area contributed by atoms with E-state index < -0.39 is 0 Å². The van der Waals surface area contributed by atoms with Crippen molar-refractivity contribution in [2.24, 2.45) is 0 Å². The van der Waals surface area contributed by atoms with E-state index >= 15 is 0 Å². The third-order valence-corrected chi connectivity index (χ3v) is 4.34. The molecule has 1 fully saturated rings. The highest BCUT2D eigenvalue weighted by Gasteiger charge is 2.13. The minimum Gasteiger partial charge on any atom is -0.314 e. The highest BCUT2D eigenvalue weighted by Crippen LogP contribution is 2.17. The van der Waals surface area contributed by atoms with E-state index in [1.807, 2.05) is 0 Å². The fraction of sp³-hybridized carbons (Fsp3) is 0.714. The summed E-state index contributed by atoms with van der Waals surface area (Å²) in [5, 5.41) is 4.28. The van der Waals surface area contributed by atoms with Crippen LogP contribution in [0.2, 0.25) is 0 Å². The number of thioether (sulfide) groups is 1. The van der Waals surface area contributed by atoms with Gasteiger partial charge >= 0.3 is 0 Å². The van der Waals surface area contributed by atoms with E-state index in [1.54, 1.807) is 17.8 Å². The van der Waals surface area contributed by atoms with Crippen molar-refractivity contribution < 1.29 is 0 Å². The van der Waals surface area contributed by atoms with Crippen molar-refractivity contribution in [2.45, 2.75) is 56.6 Å². The Balaban J connectivity index is 1.76. The Hall–Kier alpha value is -0.810.